The van der Waals surface area contributed by atoms with Crippen LogP contribution in [-0.4, -0.2) is 11.7 Å². The molecule has 0 saturated carbocycles. The molecule has 2 rings (SSSR count). The summed E-state index contributed by atoms with van der Waals surface area (Å²) in [5.74, 6) is 0.493. The number of nitrogens with two attached hydrogens (primary N) is 1. The highest BCUT2D eigenvalue weighted by Crippen LogP contribution is 2.35. The van der Waals surface area contributed by atoms with E-state index in [-0.39, 0.29) is 11.5 Å². The third-order valence-electron chi connectivity index (χ3n) is 2.79. The number of nitrogens with zero attached hydrogens (tertiary/aromatic N) is 1. The van der Waals surface area contributed by atoms with E-state index in [1.165, 1.54) is 0 Å². The Labute approximate surface area is 123 Å². The van der Waals surface area contributed by atoms with Gasteiger partial charge in [-0.3, -0.25) is 0 Å². The van der Waals surface area contributed by atoms with Gasteiger partial charge < -0.3 is 20.5 Å². The van der Waals surface area contributed by atoms with E-state index in [0.717, 1.165) is 0 Å². The fraction of sp³-hybridized carbons (Fsp3) is 0.333. The van der Waals surface area contributed by atoms with Gasteiger partial charge in [0.1, 0.15) is 29.0 Å². The van der Waals surface area contributed by atoms with Gasteiger partial charge in [-0.1, -0.05) is 18.2 Å². The Kier molecular flexibility index (Phi) is 3.76. The summed E-state index contributed by atoms with van der Waals surface area (Å²) < 4.78 is 10.6. The molecule has 0 spiro atoms. The van der Waals surface area contributed by atoms with Gasteiger partial charge in [0.2, 0.25) is 5.88 Å². The maximum absolute atomic E-state index is 12.0. The summed E-state index contributed by atoms with van der Waals surface area (Å²) in [6, 6.07) is 8.35. The van der Waals surface area contributed by atoms with Crippen LogP contribution < -0.4 is 15.8 Å². The van der Waals surface area contributed by atoms with Crippen molar-refractivity contribution < 1.29 is 14.3 Å². The lowest BCUT2D eigenvalue weighted by Crippen LogP contribution is -2.37. The highest BCUT2D eigenvalue weighted by Gasteiger charge is 2.31. The molecule has 0 fully saturated rings. The SMILES string of the molecule is CC(C)(C)OC(=O)N[C@H]1C(C#N)=C(N)Oc2ccccc21. The van der Waals surface area contributed by atoms with Crippen LogP contribution in [0.4, 0.5) is 4.79 Å². The number of fused-ring (bicyclic) bond motifs is 1. The second-order valence-electron chi connectivity index (χ2n) is 5.61. The molecule has 6 nitrogen and oxygen atoms in total. The van der Waals surface area contributed by atoms with Gasteiger partial charge in [0.15, 0.2) is 0 Å². The molecule has 0 radical (unpaired) electrons. The van der Waals surface area contributed by atoms with Crippen molar-refractivity contribution >= 4 is 6.09 Å². The number of nitriles is 1. The zero-order valence-corrected chi connectivity index (χ0v) is 12.1. The van der Waals surface area contributed by atoms with Crippen LogP contribution in [0.2, 0.25) is 0 Å². The van der Waals surface area contributed by atoms with Crippen LogP contribution >= 0.6 is 0 Å². The van der Waals surface area contributed by atoms with Gasteiger partial charge in [-0.2, -0.15) is 5.26 Å². The maximum atomic E-state index is 12.0. The molecule has 1 aliphatic rings. The lowest BCUT2D eigenvalue weighted by Gasteiger charge is -2.28. The quantitative estimate of drug-likeness (QED) is 0.826. The van der Waals surface area contributed by atoms with Crippen molar-refractivity contribution in [2.24, 2.45) is 5.73 Å². The second-order valence-corrected chi connectivity index (χ2v) is 5.61. The molecule has 0 saturated heterocycles. The summed E-state index contributed by atoms with van der Waals surface area (Å²) in [5.41, 5.74) is 5.93. The van der Waals surface area contributed by atoms with Gasteiger partial charge in [-0.25, -0.2) is 4.79 Å². The topological polar surface area (TPSA) is 97.4 Å². The molecule has 1 aromatic carbocycles. The first kappa shape index (κ1) is 14.7. The van der Waals surface area contributed by atoms with Crippen molar-refractivity contribution in [2.75, 3.05) is 0 Å². The number of carbonyl (C=O) groups excluding carboxylic acids is 1. The fourth-order valence-electron chi connectivity index (χ4n) is 1.98. The summed E-state index contributed by atoms with van der Waals surface area (Å²) in [6.45, 7) is 5.29. The van der Waals surface area contributed by atoms with Crippen LogP contribution in [0.15, 0.2) is 35.7 Å². The standard InChI is InChI=1S/C15H17N3O3/c1-15(2,3)21-14(19)18-12-9-6-4-5-7-11(9)20-13(17)10(12)8-16/h4-7,12H,17H2,1-3H3,(H,18,19)/t12-/m1/s1. The van der Waals surface area contributed by atoms with E-state index in [2.05, 4.69) is 5.32 Å². The molecule has 1 amide bonds. The summed E-state index contributed by atoms with van der Waals surface area (Å²) in [7, 11) is 0. The van der Waals surface area contributed by atoms with Crippen LogP contribution in [0.1, 0.15) is 32.4 Å². The molecular formula is C15H17N3O3. The average molecular weight is 287 g/mol. The van der Waals surface area contributed by atoms with Crippen LogP contribution in [0.25, 0.3) is 0 Å². The molecule has 1 atom stereocenters. The monoisotopic (exact) mass is 287 g/mol. The molecule has 21 heavy (non-hydrogen) atoms. The lowest BCUT2D eigenvalue weighted by molar-refractivity contribution is 0.0510. The van der Waals surface area contributed by atoms with Gasteiger partial charge in [0, 0.05) is 5.56 Å². The van der Waals surface area contributed by atoms with Gasteiger partial charge in [0.05, 0.1) is 0 Å². The minimum Gasteiger partial charge on any atom is -0.444 e. The predicted molar refractivity (Wildman–Crippen MR) is 76.0 cm³/mol. The van der Waals surface area contributed by atoms with Crippen LogP contribution in [-0.2, 0) is 4.74 Å². The Morgan fingerprint density at radius 1 is 1.43 bits per heavy atom. The fourth-order valence-corrected chi connectivity index (χ4v) is 1.98. The molecule has 1 heterocycles. The molecule has 0 aliphatic carbocycles. The molecule has 0 unspecified atom stereocenters. The van der Waals surface area contributed by atoms with Crippen molar-refractivity contribution in [3.63, 3.8) is 0 Å². The Bertz CT molecular complexity index is 638. The predicted octanol–water partition coefficient (Wildman–Crippen LogP) is 2.34. The van der Waals surface area contributed by atoms with Crippen molar-refractivity contribution in [3.8, 4) is 11.8 Å². The molecule has 0 bridgehead atoms. The highest BCUT2D eigenvalue weighted by atomic mass is 16.6. The molecular weight excluding hydrogens is 270 g/mol. The first-order chi connectivity index (χ1) is 9.81. The van der Waals surface area contributed by atoms with E-state index in [1.54, 1.807) is 45.0 Å². The van der Waals surface area contributed by atoms with Crippen molar-refractivity contribution in [2.45, 2.75) is 32.4 Å². The van der Waals surface area contributed by atoms with Crippen LogP contribution in [0.3, 0.4) is 0 Å². The van der Waals surface area contributed by atoms with Gasteiger partial charge in [-0.05, 0) is 26.8 Å². The van der Waals surface area contributed by atoms with E-state index >= 15 is 0 Å². The van der Waals surface area contributed by atoms with Gasteiger partial charge >= 0.3 is 6.09 Å². The number of hydrogen-bond donors (Lipinski definition) is 2. The zero-order valence-electron chi connectivity index (χ0n) is 12.1. The number of amides is 1. The molecule has 1 aliphatic heterocycles. The molecule has 0 aromatic heterocycles. The largest absolute Gasteiger partial charge is 0.444 e. The molecule has 3 N–H and O–H groups in total. The molecule has 1 aromatic rings. The minimum absolute atomic E-state index is 0.0164. The molecule has 110 valence electrons. The smallest absolute Gasteiger partial charge is 0.408 e. The average Bonchev–Trinajstić information content (AvgIpc) is 2.36. The summed E-state index contributed by atoms with van der Waals surface area (Å²) in [4.78, 5) is 12.0. The number of alkyl carbamates (subject to hydrolysis) is 1. The number of hydrogen-bond acceptors (Lipinski definition) is 5. The number of ether oxygens (including phenoxy) is 2. The maximum Gasteiger partial charge on any atom is 0.408 e. The number of rotatable bonds is 1. The van der Waals surface area contributed by atoms with Gasteiger partial charge in [0.25, 0.3) is 0 Å². The Morgan fingerprint density at radius 2 is 2.10 bits per heavy atom. The molecule has 6 heteroatoms. The summed E-state index contributed by atoms with van der Waals surface area (Å²) in [5, 5.41) is 11.9. The van der Waals surface area contributed by atoms with Crippen LogP contribution in [0.5, 0.6) is 5.75 Å². The number of benzene rings is 1. The third kappa shape index (κ3) is 3.26. The second kappa shape index (κ2) is 5.37. The van der Waals surface area contributed by atoms with E-state index in [1.807, 2.05) is 6.07 Å². The lowest BCUT2D eigenvalue weighted by atomic mass is 9.97. The van der Waals surface area contributed by atoms with Crippen molar-refractivity contribution in [1.29, 1.82) is 5.26 Å². The number of nitrogens with one attached hydrogen (secondary N) is 1. The van der Waals surface area contributed by atoms with Crippen molar-refractivity contribution in [1.82, 2.24) is 5.32 Å². The number of para-hydroxylation sites is 1. The highest BCUT2D eigenvalue weighted by molar-refractivity contribution is 5.70. The minimum atomic E-state index is -0.685. The summed E-state index contributed by atoms with van der Waals surface area (Å²) >= 11 is 0. The Balaban J connectivity index is 2.32. The third-order valence-corrected chi connectivity index (χ3v) is 2.79. The first-order valence-electron chi connectivity index (χ1n) is 6.48. The number of carbonyl (C=O) groups is 1. The van der Waals surface area contributed by atoms with E-state index in [0.29, 0.717) is 11.3 Å². The Hall–Kier alpha value is -2.68. The first-order valence-corrected chi connectivity index (χ1v) is 6.48. The van der Waals surface area contributed by atoms with Crippen molar-refractivity contribution in [3.05, 3.63) is 41.3 Å². The normalized spacial score (nSPS) is 17.3. The van der Waals surface area contributed by atoms with Gasteiger partial charge in [-0.15, -0.1) is 0 Å². The summed E-state index contributed by atoms with van der Waals surface area (Å²) in [6.07, 6.45) is -0.621. The van der Waals surface area contributed by atoms with Crippen LogP contribution in [0, 0.1) is 11.3 Å². The zero-order chi connectivity index (χ0) is 15.6. The Morgan fingerprint density at radius 3 is 2.71 bits per heavy atom. The van der Waals surface area contributed by atoms with E-state index < -0.39 is 17.7 Å². The van der Waals surface area contributed by atoms with E-state index in [9.17, 15) is 10.1 Å². The van der Waals surface area contributed by atoms with E-state index in [4.69, 9.17) is 15.2 Å².